The lowest BCUT2D eigenvalue weighted by Crippen LogP contribution is -2.39. The molecule has 0 radical (unpaired) electrons. The summed E-state index contributed by atoms with van der Waals surface area (Å²) in [6.07, 6.45) is 0.991. The second-order valence-electron chi connectivity index (χ2n) is 10.7. The van der Waals surface area contributed by atoms with Crippen LogP contribution in [0.1, 0.15) is 55.6 Å². The Hall–Kier alpha value is -4.88. The van der Waals surface area contributed by atoms with E-state index in [4.69, 9.17) is 4.74 Å². The second-order valence-corrected chi connectivity index (χ2v) is 10.7. The Morgan fingerprint density at radius 2 is 1.72 bits per heavy atom. The summed E-state index contributed by atoms with van der Waals surface area (Å²) in [5.41, 5.74) is 0.620. The molecule has 0 unspecified atom stereocenters. The third-order valence-electron chi connectivity index (χ3n) is 7.49. The van der Waals surface area contributed by atoms with Gasteiger partial charge in [0.15, 0.2) is 11.3 Å². The zero-order chi connectivity index (χ0) is 30.6. The zero-order valence-electron chi connectivity index (χ0n) is 23.8. The van der Waals surface area contributed by atoms with Crippen molar-refractivity contribution in [3.8, 4) is 28.5 Å². The van der Waals surface area contributed by atoms with Gasteiger partial charge >= 0.3 is 11.9 Å². The molecule has 0 bridgehead atoms. The summed E-state index contributed by atoms with van der Waals surface area (Å²) < 4.78 is 49.5. The van der Waals surface area contributed by atoms with Gasteiger partial charge in [0.05, 0.1) is 30.6 Å². The number of methoxy groups -OCH3 is 1. The quantitative estimate of drug-likeness (QED) is 0.274. The lowest BCUT2D eigenvalue weighted by atomic mass is 10.0. The van der Waals surface area contributed by atoms with Crippen molar-refractivity contribution < 1.29 is 17.9 Å². The van der Waals surface area contributed by atoms with Crippen molar-refractivity contribution in [1.82, 2.24) is 38.6 Å². The minimum absolute atomic E-state index is 0.0323. The summed E-state index contributed by atoms with van der Waals surface area (Å²) in [5, 5.41) is 0.120. The maximum Gasteiger partial charge on any atom is 0.434 e. The molecule has 11 nitrogen and oxygen atoms in total. The van der Waals surface area contributed by atoms with Gasteiger partial charge in [0.25, 0.3) is 5.56 Å². The van der Waals surface area contributed by atoms with Crippen molar-refractivity contribution in [3.63, 3.8) is 0 Å². The molecule has 222 valence electrons. The van der Waals surface area contributed by atoms with Gasteiger partial charge in [0, 0.05) is 30.8 Å². The number of hydrogen-bond donors (Lipinski definition) is 0. The van der Waals surface area contributed by atoms with E-state index >= 15 is 0 Å². The summed E-state index contributed by atoms with van der Waals surface area (Å²) in [7, 11) is 2.85. The number of benzene rings is 1. The van der Waals surface area contributed by atoms with Crippen LogP contribution < -0.4 is 16.0 Å². The maximum absolute atomic E-state index is 13.5. The molecule has 0 aliphatic heterocycles. The molecule has 4 aromatic heterocycles. The van der Waals surface area contributed by atoms with Crippen LogP contribution in [0.2, 0.25) is 0 Å². The SMILES string of the molecule is COc1ncnc(C2CC2)c1-c1ncnc2c1c(=O)n(C)c(=O)n2Cc1ccc(-c2nc(C(F)(F)F)cn2C(C)C)cc1. The van der Waals surface area contributed by atoms with Crippen LogP contribution >= 0.6 is 0 Å². The summed E-state index contributed by atoms with van der Waals surface area (Å²) in [5.74, 6) is 0.630. The highest BCUT2D eigenvalue weighted by Crippen LogP contribution is 2.45. The van der Waals surface area contributed by atoms with Gasteiger partial charge in [-0.2, -0.15) is 13.2 Å². The molecule has 14 heteroatoms. The molecule has 1 aromatic carbocycles. The van der Waals surface area contributed by atoms with Gasteiger partial charge in [0.1, 0.15) is 23.9 Å². The van der Waals surface area contributed by atoms with E-state index in [0.29, 0.717) is 16.7 Å². The first-order valence-corrected chi connectivity index (χ1v) is 13.6. The van der Waals surface area contributed by atoms with E-state index in [1.165, 1.54) is 35.9 Å². The number of hydrogen-bond acceptors (Lipinski definition) is 8. The van der Waals surface area contributed by atoms with Crippen LogP contribution in [0, 0.1) is 0 Å². The number of alkyl halides is 3. The van der Waals surface area contributed by atoms with E-state index in [0.717, 1.165) is 29.3 Å². The molecule has 0 saturated heterocycles. The molecule has 5 aromatic rings. The highest BCUT2D eigenvalue weighted by molar-refractivity contribution is 5.92. The van der Waals surface area contributed by atoms with E-state index in [9.17, 15) is 22.8 Å². The predicted molar refractivity (Wildman–Crippen MR) is 151 cm³/mol. The molecule has 1 saturated carbocycles. The van der Waals surface area contributed by atoms with Gasteiger partial charge in [-0.1, -0.05) is 24.3 Å². The molecule has 4 heterocycles. The first kappa shape index (κ1) is 28.2. The zero-order valence-corrected chi connectivity index (χ0v) is 23.8. The second kappa shape index (κ2) is 10.4. The fourth-order valence-electron chi connectivity index (χ4n) is 5.14. The number of fused-ring (bicyclic) bond motifs is 1. The average Bonchev–Trinajstić information content (AvgIpc) is 3.73. The predicted octanol–water partition coefficient (Wildman–Crippen LogP) is 4.34. The molecule has 0 N–H and O–H groups in total. The van der Waals surface area contributed by atoms with Gasteiger partial charge < -0.3 is 9.30 Å². The normalized spacial score (nSPS) is 13.7. The van der Waals surface area contributed by atoms with Crippen molar-refractivity contribution in [2.45, 2.75) is 51.4 Å². The first-order valence-electron chi connectivity index (χ1n) is 13.6. The van der Waals surface area contributed by atoms with E-state index in [1.807, 2.05) is 0 Å². The number of ether oxygens (including phenoxy) is 1. The first-order chi connectivity index (χ1) is 20.5. The van der Waals surface area contributed by atoms with Gasteiger partial charge in [-0.3, -0.25) is 13.9 Å². The number of nitrogens with zero attached hydrogens (tertiary/aromatic N) is 8. The summed E-state index contributed by atoms with van der Waals surface area (Å²) in [6, 6.07) is 6.46. The Morgan fingerprint density at radius 3 is 2.35 bits per heavy atom. The molecule has 1 aliphatic carbocycles. The molecular weight excluding hydrogens is 565 g/mol. The molecule has 6 rings (SSSR count). The molecule has 43 heavy (non-hydrogen) atoms. The third-order valence-corrected chi connectivity index (χ3v) is 7.49. The lowest BCUT2D eigenvalue weighted by molar-refractivity contribution is -0.140. The summed E-state index contributed by atoms with van der Waals surface area (Å²) >= 11 is 0. The lowest BCUT2D eigenvalue weighted by Gasteiger charge is -2.16. The van der Waals surface area contributed by atoms with Gasteiger partial charge in [-0.15, -0.1) is 0 Å². The fraction of sp³-hybridized carbons (Fsp3) is 0.345. The van der Waals surface area contributed by atoms with Crippen molar-refractivity contribution in [2.24, 2.45) is 7.05 Å². The van der Waals surface area contributed by atoms with Crippen molar-refractivity contribution in [2.75, 3.05) is 7.11 Å². The highest BCUT2D eigenvalue weighted by Gasteiger charge is 2.35. The molecular formula is C29H27F3N8O3. The molecule has 1 fully saturated rings. The summed E-state index contributed by atoms with van der Waals surface area (Å²) in [6.45, 7) is 3.58. The minimum atomic E-state index is -4.57. The van der Waals surface area contributed by atoms with Gasteiger partial charge in [-0.25, -0.2) is 29.7 Å². The molecule has 0 spiro atoms. The topological polar surface area (TPSA) is 123 Å². The number of rotatable bonds is 7. The van der Waals surface area contributed by atoms with Crippen LogP contribution in [0.25, 0.3) is 33.7 Å². The van der Waals surface area contributed by atoms with Gasteiger partial charge in [-0.05, 0) is 32.3 Å². The Kier molecular flexibility index (Phi) is 6.86. The largest absolute Gasteiger partial charge is 0.480 e. The smallest absolute Gasteiger partial charge is 0.434 e. The van der Waals surface area contributed by atoms with E-state index < -0.39 is 23.1 Å². The maximum atomic E-state index is 13.5. The number of imidazole rings is 1. The Bertz CT molecular complexity index is 1970. The van der Waals surface area contributed by atoms with Crippen molar-refractivity contribution >= 4 is 11.0 Å². The monoisotopic (exact) mass is 592 g/mol. The Balaban J connectivity index is 1.45. The minimum Gasteiger partial charge on any atom is -0.480 e. The molecule has 0 atom stereocenters. The average molecular weight is 593 g/mol. The van der Waals surface area contributed by atoms with E-state index in [1.54, 1.807) is 38.1 Å². The third kappa shape index (κ3) is 4.96. The number of aromatic nitrogens is 8. The van der Waals surface area contributed by atoms with Crippen LogP contribution in [0.15, 0.2) is 52.7 Å². The van der Waals surface area contributed by atoms with E-state index in [2.05, 4.69) is 24.9 Å². The number of halogens is 3. The highest BCUT2D eigenvalue weighted by atomic mass is 19.4. The van der Waals surface area contributed by atoms with Crippen LogP contribution in [0.5, 0.6) is 5.88 Å². The van der Waals surface area contributed by atoms with Crippen LogP contribution in [-0.2, 0) is 19.8 Å². The van der Waals surface area contributed by atoms with Crippen molar-refractivity contribution in [3.05, 3.63) is 80.9 Å². The Labute approximate surface area is 242 Å². The van der Waals surface area contributed by atoms with Crippen molar-refractivity contribution in [1.29, 1.82) is 0 Å². The van der Waals surface area contributed by atoms with E-state index in [-0.39, 0.29) is 46.9 Å². The van der Waals surface area contributed by atoms with Crippen LogP contribution in [0.4, 0.5) is 13.2 Å². The fourth-order valence-corrected chi connectivity index (χ4v) is 5.14. The van der Waals surface area contributed by atoms with Crippen LogP contribution in [-0.4, -0.2) is 45.7 Å². The summed E-state index contributed by atoms with van der Waals surface area (Å²) in [4.78, 5) is 48.2. The Morgan fingerprint density at radius 1 is 1.02 bits per heavy atom. The molecule has 0 amide bonds. The van der Waals surface area contributed by atoms with Gasteiger partial charge in [0.2, 0.25) is 5.88 Å². The van der Waals surface area contributed by atoms with Crippen LogP contribution in [0.3, 0.4) is 0 Å². The molecule has 1 aliphatic rings. The standard InChI is InChI=1S/C29H27F3N8O3/c1-15(2)39-12-19(29(30,31)32)37-24(39)18-7-5-16(6-8-18)11-40-25-21(27(41)38(3)28(40)42)23(34-13-35-25)20-22(17-9-10-17)33-14-36-26(20)43-4/h5-8,12-15,17H,9-11H2,1-4H3.